The molecule has 0 aliphatic carbocycles. The van der Waals surface area contributed by atoms with Crippen LogP contribution in [0.25, 0.3) is 0 Å². The highest BCUT2D eigenvalue weighted by atomic mass is 16.5. The number of benzene rings is 2. The third kappa shape index (κ3) is 3.41. The molecule has 0 amide bonds. The molecule has 0 atom stereocenters. The Hall–Kier alpha value is -2.69. The van der Waals surface area contributed by atoms with Crippen LogP contribution < -0.4 is 10.2 Å². The average molecular weight is 272 g/mol. The van der Waals surface area contributed by atoms with Gasteiger partial charge in [-0.3, -0.25) is 0 Å². The number of phenols is 2. The Bertz CT molecular complexity index is 612. The number of hydrazone groups is 1. The molecule has 0 heterocycles. The van der Waals surface area contributed by atoms with Gasteiger partial charge in [-0.2, -0.15) is 5.10 Å². The van der Waals surface area contributed by atoms with E-state index in [-0.39, 0.29) is 11.5 Å². The molecule has 0 spiro atoms. The van der Waals surface area contributed by atoms with Crippen LogP contribution in [0.3, 0.4) is 0 Å². The SMILES string of the molecule is COc1cc(C=NNCc2ccccc2O)ccc1O. The van der Waals surface area contributed by atoms with Crippen molar-refractivity contribution in [3.63, 3.8) is 0 Å². The summed E-state index contributed by atoms with van der Waals surface area (Å²) in [7, 11) is 1.49. The van der Waals surface area contributed by atoms with E-state index in [0.717, 1.165) is 11.1 Å². The molecule has 0 saturated heterocycles. The van der Waals surface area contributed by atoms with Gasteiger partial charge in [0.2, 0.25) is 0 Å². The lowest BCUT2D eigenvalue weighted by atomic mass is 10.2. The Morgan fingerprint density at radius 2 is 1.95 bits per heavy atom. The van der Waals surface area contributed by atoms with Crippen molar-refractivity contribution in [1.29, 1.82) is 0 Å². The van der Waals surface area contributed by atoms with Crippen molar-refractivity contribution < 1.29 is 14.9 Å². The summed E-state index contributed by atoms with van der Waals surface area (Å²) in [6.45, 7) is 0.429. The van der Waals surface area contributed by atoms with Gasteiger partial charge < -0.3 is 20.4 Å². The Balaban J connectivity index is 1.95. The highest BCUT2D eigenvalue weighted by molar-refractivity contribution is 5.80. The Labute approximate surface area is 117 Å². The van der Waals surface area contributed by atoms with E-state index in [1.165, 1.54) is 7.11 Å². The molecule has 0 unspecified atom stereocenters. The summed E-state index contributed by atoms with van der Waals surface area (Å²) in [4.78, 5) is 0. The van der Waals surface area contributed by atoms with Crippen molar-refractivity contribution in [1.82, 2.24) is 5.43 Å². The smallest absolute Gasteiger partial charge is 0.161 e. The highest BCUT2D eigenvalue weighted by Crippen LogP contribution is 2.25. The predicted molar refractivity (Wildman–Crippen MR) is 77.2 cm³/mol. The van der Waals surface area contributed by atoms with E-state index in [1.54, 1.807) is 36.5 Å². The lowest BCUT2D eigenvalue weighted by Gasteiger charge is -2.04. The molecule has 0 bridgehead atoms. The van der Waals surface area contributed by atoms with Crippen LogP contribution >= 0.6 is 0 Å². The van der Waals surface area contributed by atoms with E-state index in [1.807, 2.05) is 12.1 Å². The van der Waals surface area contributed by atoms with Crippen LogP contribution in [0.4, 0.5) is 0 Å². The van der Waals surface area contributed by atoms with E-state index >= 15 is 0 Å². The van der Waals surface area contributed by atoms with E-state index in [4.69, 9.17) is 4.74 Å². The lowest BCUT2D eigenvalue weighted by Crippen LogP contribution is -2.05. The van der Waals surface area contributed by atoms with Crippen molar-refractivity contribution in [3.8, 4) is 17.2 Å². The predicted octanol–water partition coefficient (Wildman–Crippen LogP) is 2.23. The van der Waals surface area contributed by atoms with Crippen molar-refractivity contribution >= 4 is 6.21 Å². The summed E-state index contributed by atoms with van der Waals surface area (Å²) in [5, 5.41) is 23.1. The number of nitrogens with zero attached hydrogens (tertiary/aromatic N) is 1. The fraction of sp³-hybridized carbons (Fsp3) is 0.133. The number of nitrogens with one attached hydrogen (secondary N) is 1. The normalized spacial score (nSPS) is 10.7. The molecular formula is C15H16N2O3. The number of aromatic hydroxyl groups is 2. The molecule has 0 aliphatic heterocycles. The first-order chi connectivity index (χ1) is 9.70. The monoisotopic (exact) mass is 272 g/mol. The van der Waals surface area contributed by atoms with Crippen LogP contribution in [0.15, 0.2) is 47.6 Å². The zero-order chi connectivity index (χ0) is 14.4. The van der Waals surface area contributed by atoms with Crippen LogP contribution in [0.5, 0.6) is 17.2 Å². The number of rotatable bonds is 5. The second-order valence-corrected chi connectivity index (χ2v) is 4.15. The highest BCUT2D eigenvalue weighted by Gasteiger charge is 2.01. The number of methoxy groups -OCH3 is 1. The van der Waals surface area contributed by atoms with Gasteiger partial charge in [-0.25, -0.2) is 0 Å². The zero-order valence-corrected chi connectivity index (χ0v) is 11.1. The molecule has 0 saturated carbocycles. The second-order valence-electron chi connectivity index (χ2n) is 4.15. The van der Waals surface area contributed by atoms with Crippen LogP contribution in [0, 0.1) is 0 Å². The van der Waals surface area contributed by atoms with Crippen LogP contribution in [-0.2, 0) is 6.54 Å². The molecule has 0 fully saturated rings. The number of phenolic OH excluding ortho intramolecular Hbond substituents is 2. The van der Waals surface area contributed by atoms with Gasteiger partial charge in [0.25, 0.3) is 0 Å². The third-order valence-corrected chi connectivity index (χ3v) is 2.77. The molecule has 2 aromatic rings. The van der Waals surface area contributed by atoms with Crippen LogP contribution in [0.2, 0.25) is 0 Å². The average Bonchev–Trinajstić information content (AvgIpc) is 2.47. The number of hydrogen-bond donors (Lipinski definition) is 3. The molecule has 104 valence electrons. The third-order valence-electron chi connectivity index (χ3n) is 2.77. The van der Waals surface area contributed by atoms with Crippen molar-refractivity contribution in [2.75, 3.05) is 7.11 Å². The fourth-order valence-corrected chi connectivity index (χ4v) is 1.69. The van der Waals surface area contributed by atoms with Crippen molar-refractivity contribution in [2.45, 2.75) is 6.54 Å². The molecule has 0 radical (unpaired) electrons. The quantitative estimate of drug-likeness (QED) is 0.576. The number of para-hydroxylation sites is 1. The van der Waals surface area contributed by atoms with E-state index in [9.17, 15) is 10.2 Å². The van der Waals surface area contributed by atoms with Crippen LogP contribution in [-0.4, -0.2) is 23.5 Å². The summed E-state index contributed by atoms with van der Waals surface area (Å²) >= 11 is 0. The minimum atomic E-state index is 0.0896. The summed E-state index contributed by atoms with van der Waals surface area (Å²) in [5.41, 5.74) is 4.42. The maximum absolute atomic E-state index is 9.59. The van der Waals surface area contributed by atoms with Gasteiger partial charge in [0.05, 0.1) is 19.9 Å². The fourth-order valence-electron chi connectivity index (χ4n) is 1.69. The molecule has 3 N–H and O–H groups in total. The maximum atomic E-state index is 9.59. The Morgan fingerprint density at radius 1 is 1.15 bits per heavy atom. The maximum Gasteiger partial charge on any atom is 0.161 e. The minimum absolute atomic E-state index is 0.0896. The van der Waals surface area contributed by atoms with E-state index < -0.39 is 0 Å². The first-order valence-electron chi connectivity index (χ1n) is 6.10. The molecular weight excluding hydrogens is 256 g/mol. The van der Waals surface area contributed by atoms with E-state index in [0.29, 0.717) is 12.3 Å². The molecule has 20 heavy (non-hydrogen) atoms. The molecule has 2 rings (SSSR count). The lowest BCUT2D eigenvalue weighted by molar-refractivity contribution is 0.373. The molecule has 0 aromatic heterocycles. The first kappa shape index (κ1) is 13.7. The topological polar surface area (TPSA) is 74.1 Å². The largest absolute Gasteiger partial charge is 0.508 e. The minimum Gasteiger partial charge on any atom is -0.508 e. The number of ether oxygens (including phenoxy) is 1. The van der Waals surface area contributed by atoms with Crippen molar-refractivity contribution in [3.05, 3.63) is 53.6 Å². The van der Waals surface area contributed by atoms with Crippen molar-refractivity contribution in [2.24, 2.45) is 5.10 Å². The summed E-state index contributed by atoms with van der Waals surface area (Å²) in [6.07, 6.45) is 1.61. The van der Waals surface area contributed by atoms with Gasteiger partial charge in [-0.1, -0.05) is 18.2 Å². The molecule has 2 aromatic carbocycles. The van der Waals surface area contributed by atoms with Gasteiger partial charge >= 0.3 is 0 Å². The summed E-state index contributed by atoms with van der Waals surface area (Å²) < 4.78 is 5.01. The molecule has 5 heteroatoms. The Kier molecular flexibility index (Phi) is 4.44. The molecule has 0 aliphatic rings. The van der Waals surface area contributed by atoms with Gasteiger partial charge in [-0.05, 0) is 29.8 Å². The van der Waals surface area contributed by atoms with E-state index in [2.05, 4.69) is 10.5 Å². The van der Waals surface area contributed by atoms with Gasteiger partial charge in [0.15, 0.2) is 11.5 Å². The standard InChI is InChI=1S/C15H16N2O3/c1-20-15-8-11(6-7-14(15)19)9-16-17-10-12-4-2-3-5-13(12)18/h2-9,17-19H,10H2,1H3. The molecule has 5 nitrogen and oxygen atoms in total. The van der Waals surface area contributed by atoms with Gasteiger partial charge in [0.1, 0.15) is 5.75 Å². The van der Waals surface area contributed by atoms with Gasteiger partial charge in [-0.15, -0.1) is 0 Å². The van der Waals surface area contributed by atoms with Gasteiger partial charge in [0, 0.05) is 5.56 Å². The summed E-state index contributed by atoms with van der Waals surface area (Å²) in [6, 6.07) is 12.0. The zero-order valence-electron chi connectivity index (χ0n) is 11.1. The second kappa shape index (κ2) is 6.47. The number of hydrogen-bond acceptors (Lipinski definition) is 5. The van der Waals surface area contributed by atoms with Crippen LogP contribution in [0.1, 0.15) is 11.1 Å². The Morgan fingerprint density at radius 3 is 2.70 bits per heavy atom. The summed E-state index contributed by atoms with van der Waals surface area (Å²) in [5.74, 6) is 0.725. The first-order valence-corrected chi connectivity index (χ1v) is 6.10.